The van der Waals surface area contributed by atoms with Crippen LogP contribution >= 0.6 is 0 Å². The van der Waals surface area contributed by atoms with E-state index in [1.54, 1.807) is 6.92 Å². The average Bonchev–Trinajstić information content (AvgIpc) is 3.43. The van der Waals surface area contributed by atoms with Gasteiger partial charge < -0.3 is 19.7 Å². The van der Waals surface area contributed by atoms with Gasteiger partial charge in [0.25, 0.3) is 0 Å². The Labute approximate surface area is 245 Å². The van der Waals surface area contributed by atoms with Crippen molar-refractivity contribution in [2.75, 3.05) is 19.7 Å². The lowest BCUT2D eigenvalue weighted by atomic mass is 9.95. The molecule has 0 spiro atoms. The summed E-state index contributed by atoms with van der Waals surface area (Å²) >= 11 is 0. The van der Waals surface area contributed by atoms with Crippen LogP contribution in [0.1, 0.15) is 43.9 Å². The summed E-state index contributed by atoms with van der Waals surface area (Å²) in [6, 6.07) is 5.42. The summed E-state index contributed by atoms with van der Waals surface area (Å²) in [5.41, 5.74) is 0.0108. The number of aromatic hydroxyl groups is 1. The van der Waals surface area contributed by atoms with Crippen molar-refractivity contribution >= 4 is 27.8 Å². The van der Waals surface area contributed by atoms with Gasteiger partial charge in [0.1, 0.15) is 41.7 Å². The molecule has 5 heterocycles. The molecule has 3 aliphatic heterocycles. The van der Waals surface area contributed by atoms with E-state index in [4.69, 9.17) is 9.47 Å². The first kappa shape index (κ1) is 27.8. The Bertz CT molecular complexity index is 1780. The number of aliphatic hydroxyl groups excluding tert-OH is 1. The third-order valence-electron chi connectivity index (χ3n) is 9.05. The van der Waals surface area contributed by atoms with Gasteiger partial charge in [0, 0.05) is 29.5 Å². The van der Waals surface area contributed by atoms with E-state index < -0.39 is 35.6 Å². The number of ether oxygens (including phenoxy) is 2. The quantitative estimate of drug-likeness (QED) is 0.303. The van der Waals surface area contributed by atoms with Crippen molar-refractivity contribution in [2.24, 2.45) is 0 Å². The maximum Gasteiger partial charge on any atom is 0.320 e. The molecular formula is C32H31F3N4O4. The van der Waals surface area contributed by atoms with Gasteiger partial charge in [-0.05, 0) is 62.7 Å². The fraction of sp³-hybridized carbons (Fsp3) is 0.406. The number of aromatic nitrogens is 3. The molecule has 4 aromatic rings. The number of phenolic OH excluding ortho intramolecular Hbond substituents is 1. The molecule has 0 amide bonds. The molecule has 0 saturated carbocycles. The van der Waals surface area contributed by atoms with Crippen LogP contribution in [0.3, 0.4) is 0 Å². The molecule has 43 heavy (non-hydrogen) atoms. The molecule has 7 rings (SSSR count). The normalized spacial score (nSPS) is 24.1. The van der Waals surface area contributed by atoms with Crippen molar-refractivity contribution in [1.82, 2.24) is 19.9 Å². The fourth-order valence-electron chi connectivity index (χ4n) is 7.01. The summed E-state index contributed by atoms with van der Waals surface area (Å²) in [5.74, 6) is -1.50. The zero-order valence-corrected chi connectivity index (χ0v) is 23.6. The minimum absolute atomic E-state index is 0.0329. The molecule has 3 aliphatic rings. The zero-order chi connectivity index (χ0) is 30.0. The first-order valence-corrected chi connectivity index (χ1v) is 14.5. The smallest absolute Gasteiger partial charge is 0.320 e. The number of hydrogen-bond acceptors (Lipinski definition) is 8. The van der Waals surface area contributed by atoms with Gasteiger partial charge in [-0.3, -0.25) is 4.90 Å². The van der Waals surface area contributed by atoms with Crippen LogP contribution in [-0.4, -0.2) is 73.7 Å². The van der Waals surface area contributed by atoms with Gasteiger partial charge in [0.2, 0.25) is 5.88 Å². The van der Waals surface area contributed by atoms with Crippen LogP contribution < -0.4 is 9.47 Å². The monoisotopic (exact) mass is 592 g/mol. The zero-order valence-electron chi connectivity index (χ0n) is 23.6. The number of benzene rings is 2. The van der Waals surface area contributed by atoms with E-state index >= 15 is 4.39 Å². The number of aryl methyl sites for hydroxylation is 1. The van der Waals surface area contributed by atoms with Crippen LogP contribution in [-0.2, 0) is 6.42 Å². The van der Waals surface area contributed by atoms with Crippen molar-refractivity contribution < 1.29 is 32.9 Å². The number of aliphatic hydroxyl groups is 1. The topological polar surface area (TPSA) is 101 Å². The highest BCUT2D eigenvalue weighted by Gasteiger charge is 2.49. The number of hydrogen-bond donors (Lipinski definition) is 2. The second-order valence-electron chi connectivity index (χ2n) is 11.8. The lowest BCUT2D eigenvalue weighted by Gasteiger charge is -2.30. The molecule has 0 aliphatic carbocycles. The Balaban J connectivity index is 1.41. The standard InChI is InChI=1S/C32H31F3N4O4/c1-3-20-22(34)6-5-17-11-19(41)12-21(25(17)20)28-27(35)29-26-23(36-28)7-8-24(16(2)40)43-30(26)38-31(37-29)42-15-32-9-4-10-39(32)14-18(33)13-32/h3,5-6,11-12,16,18,24,40-41H,1,4,7-10,13-15H2,2H3/t16-,18-,24-,32+/m1/s1. The molecule has 2 aromatic carbocycles. The minimum atomic E-state index is -0.947. The largest absolute Gasteiger partial charge is 0.508 e. The molecule has 2 aromatic heterocycles. The lowest BCUT2D eigenvalue weighted by molar-refractivity contribution is 0.0423. The van der Waals surface area contributed by atoms with Crippen LogP contribution in [0.25, 0.3) is 39.0 Å². The van der Waals surface area contributed by atoms with Gasteiger partial charge >= 0.3 is 6.01 Å². The first-order valence-electron chi connectivity index (χ1n) is 14.5. The van der Waals surface area contributed by atoms with E-state index in [0.717, 1.165) is 19.4 Å². The molecular weight excluding hydrogens is 561 g/mol. The van der Waals surface area contributed by atoms with Crippen LogP contribution in [0.2, 0.25) is 0 Å². The molecule has 0 bridgehead atoms. The van der Waals surface area contributed by atoms with E-state index in [0.29, 0.717) is 42.3 Å². The number of pyridine rings is 1. The predicted octanol–water partition coefficient (Wildman–Crippen LogP) is 5.50. The van der Waals surface area contributed by atoms with Crippen LogP contribution in [0.15, 0.2) is 30.8 Å². The van der Waals surface area contributed by atoms with Crippen LogP contribution in [0.4, 0.5) is 13.2 Å². The number of phenols is 1. The van der Waals surface area contributed by atoms with Crippen molar-refractivity contribution in [3.8, 4) is 28.9 Å². The molecule has 8 nitrogen and oxygen atoms in total. The van der Waals surface area contributed by atoms with Crippen molar-refractivity contribution in [3.05, 3.63) is 53.7 Å². The Hall–Kier alpha value is -3.96. The van der Waals surface area contributed by atoms with Crippen molar-refractivity contribution in [1.29, 1.82) is 0 Å². The fourth-order valence-corrected chi connectivity index (χ4v) is 7.01. The molecule has 224 valence electrons. The summed E-state index contributed by atoms with van der Waals surface area (Å²) in [4.78, 5) is 15.7. The van der Waals surface area contributed by atoms with Gasteiger partial charge in [-0.15, -0.1) is 0 Å². The van der Waals surface area contributed by atoms with Crippen molar-refractivity contribution in [3.63, 3.8) is 0 Å². The Morgan fingerprint density at radius 2 is 2.07 bits per heavy atom. The summed E-state index contributed by atoms with van der Waals surface area (Å²) in [6.45, 7) is 6.60. The second kappa shape index (κ2) is 10.3. The maximum absolute atomic E-state index is 16.7. The number of nitrogens with zero attached hydrogens (tertiary/aromatic N) is 4. The SMILES string of the molecule is C=Cc1c(F)ccc2cc(O)cc(-c3nc4c5c(nc(OC[C@@]67CCCN6C[C@H](F)C7)nc5c3F)O[C@@H]([C@@H](C)O)CC4)c12. The van der Waals surface area contributed by atoms with E-state index in [1.165, 1.54) is 30.3 Å². The number of alkyl halides is 1. The van der Waals surface area contributed by atoms with Crippen LogP contribution in [0, 0.1) is 11.6 Å². The van der Waals surface area contributed by atoms with Crippen molar-refractivity contribution in [2.45, 2.75) is 62.9 Å². The van der Waals surface area contributed by atoms with Gasteiger partial charge in [-0.2, -0.15) is 9.97 Å². The van der Waals surface area contributed by atoms with E-state index in [9.17, 15) is 19.0 Å². The summed E-state index contributed by atoms with van der Waals surface area (Å²) in [7, 11) is 0. The van der Waals surface area contributed by atoms with E-state index in [-0.39, 0.29) is 52.0 Å². The highest BCUT2D eigenvalue weighted by atomic mass is 19.1. The number of fused-ring (bicyclic) bond motifs is 2. The van der Waals surface area contributed by atoms with Gasteiger partial charge in [-0.1, -0.05) is 18.7 Å². The summed E-state index contributed by atoms with van der Waals surface area (Å²) in [5, 5.41) is 22.0. The lowest BCUT2D eigenvalue weighted by Crippen LogP contribution is -2.43. The Morgan fingerprint density at radius 3 is 2.86 bits per heavy atom. The highest BCUT2D eigenvalue weighted by molar-refractivity contribution is 6.04. The van der Waals surface area contributed by atoms with E-state index in [1.807, 2.05) is 0 Å². The third-order valence-corrected chi connectivity index (χ3v) is 9.05. The molecule has 2 saturated heterocycles. The second-order valence-corrected chi connectivity index (χ2v) is 11.8. The first-order chi connectivity index (χ1) is 20.7. The van der Waals surface area contributed by atoms with Gasteiger partial charge in [0.15, 0.2) is 5.82 Å². The molecule has 4 atom stereocenters. The number of rotatable bonds is 6. The highest BCUT2D eigenvalue weighted by Crippen LogP contribution is 2.43. The number of halogens is 3. The van der Waals surface area contributed by atoms with Crippen LogP contribution in [0.5, 0.6) is 17.6 Å². The Morgan fingerprint density at radius 1 is 1.23 bits per heavy atom. The molecule has 0 unspecified atom stereocenters. The molecule has 11 heteroatoms. The maximum atomic E-state index is 16.7. The van der Waals surface area contributed by atoms with Gasteiger partial charge in [-0.25, -0.2) is 18.2 Å². The average molecular weight is 593 g/mol. The molecule has 2 fully saturated rings. The Kier molecular flexibility index (Phi) is 6.70. The predicted molar refractivity (Wildman–Crippen MR) is 155 cm³/mol. The summed E-state index contributed by atoms with van der Waals surface area (Å²) < 4.78 is 58.1. The minimum Gasteiger partial charge on any atom is -0.508 e. The van der Waals surface area contributed by atoms with Gasteiger partial charge in [0.05, 0.1) is 22.7 Å². The third kappa shape index (κ3) is 4.56. The molecule has 2 N–H and O–H groups in total. The summed E-state index contributed by atoms with van der Waals surface area (Å²) in [6.07, 6.45) is 1.60. The van der Waals surface area contributed by atoms with E-state index in [2.05, 4.69) is 26.4 Å². The molecule has 0 radical (unpaired) electrons.